The maximum atomic E-state index is 11.6. The standard InChI is InChI=1S/C14H15NO2S/c16-14-8-12(18)9-15(14)5-3-10-1-2-13-11(7-10)4-6-17-13/h1-2,4,6-7,12,18H,3,5,8-9H2. The van der Waals surface area contributed by atoms with Crippen LogP contribution in [0.4, 0.5) is 0 Å². The van der Waals surface area contributed by atoms with E-state index in [0.717, 1.165) is 30.5 Å². The summed E-state index contributed by atoms with van der Waals surface area (Å²) in [5.41, 5.74) is 2.14. The molecule has 3 nitrogen and oxygen atoms in total. The number of rotatable bonds is 3. The van der Waals surface area contributed by atoms with E-state index in [9.17, 15) is 4.79 Å². The van der Waals surface area contributed by atoms with Gasteiger partial charge in [0, 0.05) is 30.1 Å². The van der Waals surface area contributed by atoms with Gasteiger partial charge in [0.25, 0.3) is 0 Å². The molecule has 1 aliphatic rings. The van der Waals surface area contributed by atoms with E-state index in [0.29, 0.717) is 6.42 Å². The summed E-state index contributed by atoms with van der Waals surface area (Å²) in [5.74, 6) is 0.222. The summed E-state index contributed by atoms with van der Waals surface area (Å²) in [7, 11) is 0. The number of furan rings is 1. The van der Waals surface area contributed by atoms with Crippen molar-refractivity contribution >= 4 is 29.5 Å². The number of hydrogen-bond donors (Lipinski definition) is 1. The van der Waals surface area contributed by atoms with Gasteiger partial charge in [-0.25, -0.2) is 0 Å². The maximum absolute atomic E-state index is 11.6. The number of nitrogens with zero attached hydrogens (tertiary/aromatic N) is 1. The van der Waals surface area contributed by atoms with Crippen LogP contribution in [0.25, 0.3) is 11.0 Å². The van der Waals surface area contributed by atoms with Gasteiger partial charge in [-0.3, -0.25) is 4.79 Å². The van der Waals surface area contributed by atoms with Gasteiger partial charge >= 0.3 is 0 Å². The first-order valence-corrected chi connectivity index (χ1v) is 6.66. The smallest absolute Gasteiger partial charge is 0.223 e. The van der Waals surface area contributed by atoms with Crippen LogP contribution in [0.3, 0.4) is 0 Å². The number of fused-ring (bicyclic) bond motifs is 1. The number of thiol groups is 1. The van der Waals surface area contributed by atoms with E-state index in [1.807, 2.05) is 17.0 Å². The van der Waals surface area contributed by atoms with E-state index >= 15 is 0 Å². The van der Waals surface area contributed by atoms with Crippen LogP contribution in [0.5, 0.6) is 0 Å². The molecule has 4 heteroatoms. The SMILES string of the molecule is O=C1CC(S)CN1CCc1ccc2occc2c1. The molecule has 1 saturated heterocycles. The van der Waals surface area contributed by atoms with Crippen LogP contribution in [-0.4, -0.2) is 29.1 Å². The van der Waals surface area contributed by atoms with Gasteiger partial charge in [0.15, 0.2) is 0 Å². The molecule has 1 fully saturated rings. The van der Waals surface area contributed by atoms with E-state index in [-0.39, 0.29) is 11.2 Å². The fourth-order valence-corrected chi connectivity index (χ4v) is 2.76. The Hall–Kier alpha value is -1.42. The molecule has 1 aromatic heterocycles. The summed E-state index contributed by atoms with van der Waals surface area (Å²) in [6, 6.07) is 8.13. The van der Waals surface area contributed by atoms with E-state index in [4.69, 9.17) is 4.42 Å². The van der Waals surface area contributed by atoms with Crippen LogP contribution in [0, 0.1) is 0 Å². The highest BCUT2D eigenvalue weighted by Crippen LogP contribution is 2.19. The molecule has 3 rings (SSSR count). The van der Waals surface area contributed by atoms with E-state index in [2.05, 4.69) is 24.8 Å². The van der Waals surface area contributed by atoms with E-state index in [1.165, 1.54) is 5.56 Å². The third-order valence-corrected chi connectivity index (χ3v) is 3.73. The minimum atomic E-state index is 0.203. The summed E-state index contributed by atoms with van der Waals surface area (Å²) >= 11 is 4.36. The second kappa shape index (κ2) is 4.69. The van der Waals surface area contributed by atoms with Gasteiger partial charge in [-0.05, 0) is 30.2 Å². The Morgan fingerprint density at radius 3 is 3.06 bits per heavy atom. The van der Waals surface area contributed by atoms with Gasteiger partial charge in [-0.2, -0.15) is 12.6 Å². The molecule has 1 aliphatic heterocycles. The second-order valence-corrected chi connectivity index (χ2v) is 5.47. The Balaban J connectivity index is 1.67. The lowest BCUT2D eigenvalue weighted by atomic mass is 10.1. The van der Waals surface area contributed by atoms with E-state index < -0.39 is 0 Å². The van der Waals surface area contributed by atoms with Crippen LogP contribution >= 0.6 is 12.6 Å². The molecule has 0 radical (unpaired) electrons. The molecule has 1 atom stereocenters. The van der Waals surface area contributed by atoms with Crippen LogP contribution in [0.1, 0.15) is 12.0 Å². The van der Waals surface area contributed by atoms with Crippen molar-refractivity contribution in [2.24, 2.45) is 0 Å². The van der Waals surface area contributed by atoms with Gasteiger partial charge in [-0.1, -0.05) is 6.07 Å². The quantitative estimate of drug-likeness (QED) is 0.861. The summed E-state index contributed by atoms with van der Waals surface area (Å²) in [6.45, 7) is 1.55. The van der Waals surface area contributed by atoms with Crippen LogP contribution < -0.4 is 0 Å². The maximum Gasteiger partial charge on any atom is 0.223 e. The third-order valence-electron chi connectivity index (χ3n) is 3.38. The monoisotopic (exact) mass is 261 g/mol. The van der Waals surface area contributed by atoms with Gasteiger partial charge in [0.1, 0.15) is 5.58 Å². The molecule has 2 heterocycles. The fraction of sp³-hybridized carbons (Fsp3) is 0.357. The number of hydrogen-bond acceptors (Lipinski definition) is 3. The van der Waals surface area contributed by atoms with Gasteiger partial charge in [0.05, 0.1) is 6.26 Å². The first-order valence-electron chi connectivity index (χ1n) is 6.14. The Morgan fingerprint density at radius 2 is 2.28 bits per heavy atom. The molecule has 0 aliphatic carbocycles. The molecule has 18 heavy (non-hydrogen) atoms. The first-order chi connectivity index (χ1) is 8.72. The van der Waals surface area contributed by atoms with Crippen molar-refractivity contribution in [3.63, 3.8) is 0 Å². The first kappa shape index (κ1) is 11.7. The third kappa shape index (κ3) is 2.25. The Morgan fingerprint density at radius 1 is 1.39 bits per heavy atom. The number of likely N-dealkylation sites (tertiary alicyclic amines) is 1. The average molecular weight is 261 g/mol. The van der Waals surface area contributed by atoms with Crippen molar-refractivity contribution in [3.05, 3.63) is 36.1 Å². The van der Waals surface area contributed by atoms with Gasteiger partial charge in [-0.15, -0.1) is 0 Å². The molecule has 1 unspecified atom stereocenters. The lowest BCUT2D eigenvalue weighted by Crippen LogP contribution is -2.27. The average Bonchev–Trinajstić information content (AvgIpc) is 2.92. The van der Waals surface area contributed by atoms with Crippen LogP contribution in [0.15, 0.2) is 34.9 Å². The van der Waals surface area contributed by atoms with Crippen LogP contribution in [-0.2, 0) is 11.2 Å². The second-order valence-electron chi connectivity index (χ2n) is 4.74. The summed E-state index contributed by atoms with van der Waals surface area (Å²) in [5, 5.41) is 1.32. The molecule has 2 aromatic rings. The van der Waals surface area contributed by atoms with Crippen molar-refractivity contribution in [2.75, 3.05) is 13.1 Å². The zero-order valence-corrected chi connectivity index (χ0v) is 10.9. The Labute approximate surface area is 111 Å². The number of benzene rings is 1. The largest absolute Gasteiger partial charge is 0.464 e. The highest BCUT2D eigenvalue weighted by atomic mass is 32.1. The normalized spacial score (nSPS) is 19.9. The molecule has 0 N–H and O–H groups in total. The molecule has 0 saturated carbocycles. The fourth-order valence-electron chi connectivity index (χ4n) is 2.40. The predicted octanol–water partition coefficient (Wildman–Crippen LogP) is 2.51. The van der Waals surface area contributed by atoms with Crippen molar-refractivity contribution in [1.82, 2.24) is 4.90 Å². The van der Waals surface area contributed by atoms with Crippen molar-refractivity contribution in [1.29, 1.82) is 0 Å². The summed E-state index contributed by atoms with van der Waals surface area (Å²) in [4.78, 5) is 13.5. The molecular weight excluding hydrogens is 246 g/mol. The van der Waals surface area contributed by atoms with Crippen molar-refractivity contribution in [2.45, 2.75) is 18.1 Å². The van der Waals surface area contributed by atoms with E-state index in [1.54, 1.807) is 6.26 Å². The molecule has 0 bridgehead atoms. The highest BCUT2D eigenvalue weighted by Gasteiger charge is 2.26. The van der Waals surface area contributed by atoms with Crippen molar-refractivity contribution in [3.8, 4) is 0 Å². The Bertz CT molecular complexity index is 578. The predicted molar refractivity (Wildman–Crippen MR) is 73.9 cm³/mol. The number of carbonyl (C=O) groups is 1. The summed E-state index contributed by atoms with van der Waals surface area (Å²) in [6.07, 6.45) is 3.15. The molecule has 1 amide bonds. The zero-order chi connectivity index (χ0) is 12.5. The minimum Gasteiger partial charge on any atom is -0.464 e. The topological polar surface area (TPSA) is 33.5 Å². The number of amides is 1. The minimum absolute atomic E-state index is 0.203. The Kier molecular flexibility index (Phi) is 3.04. The molecule has 1 aromatic carbocycles. The lowest BCUT2D eigenvalue weighted by molar-refractivity contribution is -0.127. The zero-order valence-electron chi connectivity index (χ0n) is 10.0. The molecule has 94 valence electrons. The highest BCUT2D eigenvalue weighted by molar-refractivity contribution is 7.81. The summed E-state index contributed by atoms with van der Waals surface area (Å²) < 4.78 is 5.31. The lowest BCUT2D eigenvalue weighted by Gasteiger charge is -2.15. The van der Waals surface area contributed by atoms with Gasteiger partial charge < -0.3 is 9.32 Å². The van der Waals surface area contributed by atoms with Crippen molar-refractivity contribution < 1.29 is 9.21 Å². The molecule has 0 spiro atoms. The number of carbonyl (C=O) groups excluding carboxylic acids is 1. The molecular formula is C14H15NO2S. The van der Waals surface area contributed by atoms with Gasteiger partial charge in [0.2, 0.25) is 5.91 Å². The van der Waals surface area contributed by atoms with Crippen LogP contribution in [0.2, 0.25) is 0 Å².